The minimum Gasteiger partial charge on any atom is -0.269 e. The Morgan fingerprint density at radius 2 is 1.85 bits per heavy atom. The van der Waals surface area contributed by atoms with Crippen molar-refractivity contribution in [1.29, 1.82) is 0 Å². The van der Waals surface area contributed by atoms with Crippen LogP contribution >= 0.6 is 0 Å². The predicted octanol–water partition coefficient (Wildman–Crippen LogP) is 2.73. The zero-order valence-corrected chi connectivity index (χ0v) is 9.74. The fourth-order valence-electron chi connectivity index (χ4n) is 1.40. The average Bonchev–Trinajstić information content (AvgIpc) is 2.14. The minimum atomic E-state index is 0. The fourth-order valence-corrected chi connectivity index (χ4v) is 3.25. The maximum Gasteiger partial charge on any atom is 0.0247 e. The van der Waals surface area contributed by atoms with Gasteiger partial charge in [-0.3, -0.25) is 4.70 Å². The lowest BCUT2D eigenvalue weighted by molar-refractivity contribution is 0.877. The van der Waals surface area contributed by atoms with E-state index in [0.717, 1.165) is 0 Å². The Hall–Kier alpha value is -0.633. The molecule has 0 atom stereocenters. The van der Waals surface area contributed by atoms with E-state index in [1.807, 2.05) is 0 Å². The largest absolute Gasteiger partial charge is 0.269 e. The molecule has 74 valence electrons. The molecule has 0 bridgehead atoms. The van der Waals surface area contributed by atoms with E-state index in [2.05, 4.69) is 37.3 Å². The highest BCUT2D eigenvalue weighted by atomic mass is 28.2. The number of rotatable bonds is 5. The highest BCUT2D eigenvalue weighted by Crippen LogP contribution is 2.01. The second kappa shape index (κ2) is 7.99. The molecule has 0 aliphatic heterocycles. The molecule has 0 saturated carbocycles. The van der Waals surface area contributed by atoms with Crippen LogP contribution in [0.15, 0.2) is 30.3 Å². The Kier molecular flexibility index (Phi) is 7.60. The monoisotopic (exact) mass is 198 g/mol. The summed E-state index contributed by atoms with van der Waals surface area (Å²) in [4.78, 5) is 0. The summed E-state index contributed by atoms with van der Waals surface area (Å²) in [5, 5.41) is 0. The van der Waals surface area contributed by atoms with Crippen LogP contribution in [0.25, 0.3) is 0 Å². The molecule has 0 spiro atoms. The Balaban J connectivity index is 0.00000144. The van der Waals surface area contributed by atoms with Crippen molar-refractivity contribution in [2.45, 2.75) is 31.9 Å². The highest BCUT2D eigenvalue weighted by molar-refractivity contribution is 6.34. The van der Waals surface area contributed by atoms with E-state index < -0.39 is 0 Å². The molecular weight excluding hydrogens is 179 g/mol. The molecule has 0 aliphatic carbocycles. The highest BCUT2D eigenvalue weighted by Gasteiger charge is 1.91. The third-order valence-corrected chi connectivity index (χ3v) is 4.09. The Bertz CT molecular complexity index is 199. The summed E-state index contributed by atoms with van der Waals surface area (Å²) in [6.07, 6.45) is 2.81. The standard InChI is InChI=1S/C11H18Si.FH/c1-2-3-9-12-10-11-7-5-4-6-8-11;/h4-8H,2-3,9-10,12H2,1H3;1H. The zero-order valence-electron chi connectivity index (χ0n) is 8.33. The molecule has 0 aliphatic rings. The smallest absolute Gasteiger partial charge is 0.0247 e. The van der Waals surface area contributed by atoms with Gasteiger partial charge in [-0.1, -0.05) is 61.7 Å². The van der Waals surface area contributed by atoms with Crippen molar-refractivity contribution in [2.24, 2.45) is 0 Å². The molecule has 0 amide bonds. The van der Waals surface area contributed by atoms with Gasteiger partial charge in [0.1, 0.15) is 0 Å². The second-order valence-electron chi connectivity index (χ2n) is 3.30. The summed E-state index contributed by atoms with van der Waals surface area (Å²) in [6, 6.07) is 13.8. The molecule has 0 nitrogen and oxygen atoms in total. The molecule has 0 unspecified atom stereocenters. The third-order valence-electron chi connectivity index (χ3n) is 2.16. The first-order chi connectivity index (χ1) is 5.93. The quantitative estimate of drug-likeness (QED) is 0.504. The molecule has 1 rings (SSSR count). The number of benzene rings is 1. The molecule has 0 aromatic heterocycles. The first-order valence-electron chi connectivity index (χ1n) is 4.97. The van der Waals surface area contributed by atoms with Crippen molar-refractivity contribution in [1.82, 2.24) is 0 Å². The molecule has 0 saturated heterocycles. The molecule has 0 radical (unpaired) electrons. The van der Waals surface area contributed by atoms with Gasteiger partial charge >= 0.3 is 0 Å². The van der Waals surface area contributed by atoms with E-state index >= 15 is 0 Å². The minimum absolute atomic E-state index is 0. The van der Waals surface area contributed by atoms with Crippen LogP contribution in [0, 0.1) is 0 Å². The SMILES string of the molecule is CCCC[SiH2]Cc1ccccc1.F. The maximum absolute atomic E-state index is 2.27. The third kappa shape index (κ3) is 5.58. The Labute approximate surface area is 82.6 Å². The molecular formula is C11H19FSi. The summed E-state index contributed by atoms with van der Waals surface area (Å²) in [7, 11) is 0.202. The summed E-state index contributed by atoms with van der Waals surface area (Å²) in [6.45, 7) is 2.27. The van der Waals surface area contributed by atoms with E-state index in [0.29, 0.717) is 0 Å². The summed E-state index contributed by atoms with van der Waals surface area (Å²) in [5.74, 6) is 0. The van der Waals surface area contributed by atoms with Gasteiger partial charge in [0, 0.05) is 9.52 Å². The van der Waals surface area contributed by atoms with Gasteiger partial charge in [-0.25, -0.2) is 0 Å². The first kappa shape index (κ1) is 12.4. The van der Waals surface area contributed by atoms with Crippen LogP contribution in [0.5, 0.6) is 0 Å². The van der Waals surface area contributed by atoms with Crippen LogP contribution in [-0.2, 0) is 6.04 Å². The van der Waals surface area contributed by atoms with Gasteiger partial charge in [0.15, 0.2) is 0 Å². The first-order valence-corrected chi connectivity index (χ1v) is 6.97. The lowest BCUT2D eigenvalue weighted by atomic mass is 10.2. The second-order valence-corrected chi connectivity index (χ2v) is 5.21. The predicted molar refractivity (Wildman–Crippen MR) is 60.9 cm³/mol. The van der Waals surface area contributed by atoms with Crippen molar-refractivity contribution in [3.05, 3.63) is 35.9 Å². The zero-order chi connectivity index (χ0) is 8.65. The van der Waals surface area contributed by atoms with Crippen molar-refractivity contribution in [2.75, 3.05) is 0 Å². The number of hydrogen-bond donors (Lipinski definition) is 0. The van der Waals surface area contributed by atoms with Gasteiger partial charge in [-0.05, 0) is 6.04 Å². The van der Waals surface area contributed by atoms with Crippen molar-refractivity contribution < 1.29 is 4.70 Å². The van der Waals surface area contributed by atoms with E-state index in [9.17, 15) is 0 Å². The number of unbranched alkanes of at least 4 members (excludes halogenated alkanes) is 1. The van der Waals surface area contributed by atoms with Gasteiger partial charge in [-0.2, -0.15) is 0 Å². The van der Waals surface area contributed by atoms with Gasteiger partial charge in [0.05, 0.1) is 0 Å². The summed E-state index contributed by atoms with van der Waals surface area (Å²) >= 11 is 0. The fraction of sp³-hybridized carbons (Fsp3) is 0.455. The molecule has 0 N–H and O–H groups in total. The van der Waals surface area contributed by atoms with Crippen molar-refractivity contribution in [3.8, 4) is 0 Å². The molecule has 13 heavy (non-hydrogen) atoms. The van der Waals surface area contributed by atoms with Crippen molar-refractivity contribution >= 4 is 9.52 Å². The van der Waals surface area contributed by atoms with E-state index in [1.165, 1.54) is 24.9 Å². The van der Waals surface area contributed by atoms with Crippen LogP contribution in [0.2, 0.25) is 6.04 Å². The van der Waals surface area contributed by atoms with E-state index in [4.69, 9.17) is 0 Å². The van der Waals surface area contributed by atoms with E-state index in [-0.39, 0.29) is 14.2 Å². The van der Waals surface area contributed by atoms with Crippen LogP contribution in [-0.4, -0.2) is 9.52 Å². The van der Waals surface area contributed by atoms with Gasteiger partial charge < -0.3 is 0 Å². The number of halogens is 1. The van der Waals surface area contributed by atoms with Crippen LogP contribution in [0.4, 0.5) is 4.70 Å². The lowest BCUT2D eigenvalue weighted by Crippen LogP contribution is -1.95. The molecule has 2 heteroatoms. The van der Waals surface area contributed by atoms with Gasteiger partial charge in [-0.15, -0.1) is 0 Å². The maximum atomic E-state index is 2.27. The van der Waals surface area contributed by atoms with Crippen LogP contribution in [0.1, 0.15) is 25.3 Å². The topological polar surface area (TPSA) is 0 Å². The summed E-state index contributed by atoms with van der Waals surface area (Å²) in [5.41, 5.74) is 1.54. The van der Waals surface area contributed by atoms with Crippen LogP contribution < -0.4 is 0 Å². The van der Waals surface area contributed by atoms with Crippen LogP contribution in [0.3, 0.4) is 0 Å². The molecule has 0 heterocycles. The Morgan fingerprint density at radius 3 is 2.46 bits per heavy atom. The average molecular weight is 198 g/mol. The van der Waals surface area contributed by atoms with Gasteiger partial charge in [0.25, 0.3) is 0 Å². The molecule has 1 aromatic carbocycles. The van der Waals surface area contributed by atoms with Gasteiger partial charge in [0.2, 0.25) is 0 Å². The molecule has 1 aromatic rings. The number of hydrogen-bond acceptors (Lipinski definition) is 0. The summed E-state index contributed by atoms with van der Waals surface area (Å²) < 4.78 is 0. The van der Waals surface area contributed by atoms with Crippen molar-refractivity contribution in [3.63, 3.8) is 0 Å². The normalized spacial score (nSPS) is 10.2. The Morgan fingerprint density at radius 1 is 1.15 bits per heavy atom. The lowest BCUT2D eigenvalue weighted by Gasteiger charge is -1.98. The van der Waals surface area contributed by atoms with E-state index in [1.54, 1.807) is 5.56 Å². The molecule has 0 fully saturated rings.